The number of rotatable bonds is 6. The minimum absolute atomic E-state index is 0.116. The summed E-state index contributed by atoms with van der Waals surface area (Å²) in [6.07, 6.45) is 1.66. The zero-order chi connectivity index (χ0) is 22.3. The van der Waals surface area contributed by atoms with Crippen LogP contribution in [-0.4, -0.2) is 18.1 Å². The van der Waals surface area contributed by atoms with Crippen molar-refractivity contribution in [3.05, 3.63) is 114 Å². The summed E-state index contributed by atoms with van der Waals surface area (Å²) in [5.41, 5.74) is 4.18. The molecule has 0 bridgehead atoms. The number of ether oxygens (including phenoxy) is 1. The molecule has 1 N–H and O–H groups in total. The predicted molar refractivity (Wildman–Crippen MR) is 121 cm³/mol. The van der Waals surface area contributed by atoms with Gasteiger partial charge in [0, 0.05) is 0 Å². The molecule has 0 spiro atoms. The minimum Gasteiger partial charge on any atom is -0.423 e. The number of hydrogen-bond acceptors (Lipinski definition) is 4. The number of hydrogen-bond donors (Lipinski definition) is 1. The fraction of sp³-hybridized carbons (Fsp3) is 0.0385. The van der Waals surface area contributed by atoms with Crippen LogP contribution in [0.1, 0.15) is 21.5 Å². The summed E-state index contributed by atoms with van der Waals surface area (Å²) in [6, 6.07) is 25.6. The van der Waals surface area contributed by atoms with E-state index in [9.17, 15) is 14.0 Å². The highest BCUT2D eigenvalue weighted by Crippen LogP contribution is 2.19. The van der Waals surface area contributed by atoms with Gasteiger partial charge in [0.25, 0.3) is 0 Å². The second kappa shape index (κ2) is 9.66. The van der Waals surface area contributed by atoms with Crippen LogP contribution in [0.25, 0.3) is 10.8 Å². The summed E-state index contributed by atoms with van der Waals surface area (Å²) in [5, 5.41) is 6.10. The van der Waals surface area contributed by atoms with Gasteiger partial charge >= 0.3 is 5.97 Å². The van der Waals surface area contributed by atoms with E-state index >= 15 is 0 Å². The lowest BCUT2D eigenvalue weighted by molar-refractivity contribution is -0.120. The number of halogens is 1. The maximum atomic E-state index is 13.3. The summed E-state index contributed by atoms with van der Waals surface area (Å²) in [4.78, 5) is 24.5. The molecule has 0 heterocycles. The Kier molecular flexibility index (Phi) is 6.32. The average molecular weight is 426 g/mol. The van der Waals surface area contributed by atoms with Crippen molar-refractivity contribution in [2.45, 2.75) is 6.42 Å². The Morgan fingerprint density at radius 2 is 1.69 bits per heavy atom. The van der Waals surface area contributed by atoms with Gasteiger partial charge in [-0.2, -0.15) is 5.10 Å². The van der Waals surface area contributed by atoms with Crippen LogP contribution in [0.5, 0.6) is 5.75 Å². The molecule has 0 atom stereocenters. The molecule has 0 aliphatic carbocycles. The fourth-order valence-electron chi connectivity index (χ4n) is 3.28. The lowest BCUT2D eigenvalue weighted by Crippen LogP contribution is -2.19. The number of esters is 1. The summed E-state index contributed by atoms with van der Waals surface area (Å²) >= 11 is 0. The van der Waals surface area contributed by atoms with Crippen LogP contribution in [0.2, 0.25) is 0 Å². The number of hydrazone groups is 1. The standard InChI is InChI=1S/C26H19FN2O3/c27-22-11-5-10-21(15-22)26(31)32-23-12-3-6-18(14-23)17-28-29-25(30)16-20-9-4-8-19-7-1-2-13-24(19)20/h1-15,17H,16H2,(H,29,30). The maximum Gasteiger partial charge on any atom is 0.343 e. The number of carbonyl (C=O) groups excluding carboxylic acids is 2. The highest BCUT2D eigenvalue weighted by molar-refractivity contribution is 5.92. The van der Waals surface area contributed by atoms with Crippen molar-refractivity contribution in [1.29, 1.82) is 0 Å². The maximum absolute atomic E-state index is 13.3. The molecule has 4 aromatic carbocycles. The molecule has 4 rings (SSSR count). The van der Waals surface area contributed by atoms with Crippen LogP contribution in [0.4, 0.5) is 4.39 Å². The zero-order valence-corrected chi connectivity index (χ0v) is 17.0. The molecular weight excluding hydrogens is 407 g/mol. The van der Waals surface area contributed by atoms with E-state index in [-0.39, 0.29) is 23.6 Å². The van der Waals surface area contributed by atoms with Crippen LogP contribution in [0.3, 0.4) is 0 Å². The van der Waals surface area contributed by atoms with E-state index in [1.807, 2.05) is 42.5 Å². The molecule has 0 aromatic heterocycles. The number of carbonyl (C=O) groups is 2. The van der Waals surface area contributed by atoms with E-state index < -0.39 is 11.8 Å². The van der Waals surface area contributed by atoms with Gasteiger partial charge in [-0.15, -0.1) is 0 Å². The first-order valence-electron chi connectivity index (χ1n) is 9.95. The Balaban J connectivity index is 1.37. The van der Waals surface area contributed by atoms with Crippen molar-refractivity contribution >= 4 is 28.9 Å². The highest BCUT2D eigenvalue weighted by Gasteiger charge is 2.10. The van der Waals surface area contributed by atoms with Crippen molar-refractivity contribution < 1.29 is 18.7 Å². The fourth-order valence-corrected chi connectivity index (χ4v) is 3.28. The Morgan fingerprint density at radius 3 is 2.56 bits per heavy atom. The lowest BCUT2D eigenvalue weighted by atomic mass is 10.0. The van der Waals surface area contributed by atoms with E-state index in [1.165, 1.54) is 24.4 Å². The van der Waals surface area contributed by atoms with Gasteiger partial charge in [0.2, 0.25) is 5.91 Å². The van der Waals surface area contributed by atoms with Gasteiger partial charge in [-0.25, -0.2) is 14.6 Å². The summed E-state index contributed by atoms with van der Waals surface area (Å²) in [6.45, 7) is 0. The first-order chi connectivity index (χ1) is 15.6. The minimum atomic E-state index is -0.665. The molecule has 5 nitrogen and oxygen atoms in total. The van der Waals surface area contributed by atoms with E-state index in [1.54, 1.807) is 24.3 Å². The Hall–Kier alpha value is -4.32. The smallest absolute Gasteiger partial charge is 0.343 e. The van der Waals surface area contributed by atoms with Gasteiger partial charge < -0.3 is 4.74 Å². The van der Waals surface area contributed by atoms with Crippen LogP contribution in [0.15, 0.2) is 96.1 Å². The third kappa shape index (κ3) is 5.23. The molecule has 6 heteroatoms. The van der Waals surface area contributed by atoms with Crippen LogP contribution in [0, 0.1) is 5.82 Å². The number of fused-ring (bicyclic) bond motifs is 1. The third-order valence-electron chi connectivity index (χ3n) is 4.76. The van der Waals surface area contributed by atoms with Crippen molar-refractivity contribution in [3.63, 3.8) is 0 Å². The Morgan fingerprint density at radius 1 is 0.906 bits per heavy atom. The number of nitrogens with one attached hydrogen (secondary N) is 1. The Bertz CT molecular complexity index is 1310. The molecule has 1 amide bonds. The van der Waals surface area contributed by atoms with E-state index in [2.05, 4.69) is 10.5 Å². The summed E-state index contributed by atoms with van der Waals surface area (Å²) < 4.78 is 18.6. The molecule has 0 radical (unpaired) electrons. The molecule has 158 valence electrons. The zero-order valence-electron chi connectivity index (χ0n) is 17.0. The van der Waals surface area contributed by atoms with E-state index in [0.29, 0.717) is 5.56 Å². The van der Waals surface area contributed by atoms with Crippen molar-refractivity contribution in [1.82, 2.24) is 5.43 Å². The first-order valence-corrected chi connectivity index (χ1v) is 9.95. The van der Waals surface area contributed by atoms with Gasteiger partial charge in [-0.05, 0) is 52.2 Å². The first kappa shape index (κ1) is 20.9. The molecule has 0 aliphatic rings. The summed E-state index contributed by atoms with van der Waals surface area (Å²) in [7, 11) is 0. The van der Waals surface area contributed by atoms with Crippen LogP contribution >= 0.6 is 0 Å². The van der Waals surface area contributed by atoms with E-state index in [4.69, 9.17) is 4.74 Å². The monoisotopic (exact) mass is 426 g/mol. The van der Waals surface area contributed by atoms with Gasteiger partial charge in [0.1, 0.15) is 11.6 Å². The summed E-state index contributed by atoms with van der Waals surface area (Å²) in [5.74, 6) is -1.14. The van der Waals surface area contributed by atoms with Gasteiger partial charge in [0.05, 0.1) is 18.2 Å². The topological polar surface area (TPSA) is 67.8 Å². The quantitative estimate of drug-likeness (QED) is 0.207. The number of nitrogens with zero attached hydrogens (tertiary/aromatic N) is 1. The molecule has 4 aromatic rings. The van der Waals surface area contributed by atoms with Gasteiger partial charge in [0.15, 0.2) is 0 Å². The molecule has 0 saturated heterocycles. The molecular formula is C26H19FN2O3. The van der Waals surface area contributed by atoms with Crippen LogP contribution in [-0.2, 0) is 11.2 Å². The molecule has 0 saturated carbocycles. The molecule has 0 unspecified atom stereocenters. The van der Waals surface area contributed by atoms with Gasteiger partial charge in [-0.3, -0.25) is 4.79 Å². The number of amides is 1. The van der Waals surface area contributed by atoms with Crippen molar-refractivity contribution in [2.24, 2.45) is 5.10 Å². The third-order valence-corrected chi connectivity index (χ3v) is 4.76. The second-order valence-electron chi connectivity index (χ2n) is 7.08. The Labute approximate surface area is 184 Å². The van der Waals surface area contributed by atoms with Crippen molar-refractivity contribution in [2.75, 3.05) is 0 Å². The van der Waals surface area contributed by atoms with Crippen molar-refractivity contribution in [3.8, 4) is 5.75 Å². The van der Waals surface area contributed by atoms with Crippen LogP contribution < -0.4 is 10.2 Å². The second-order valence-corrected chi connectivity index (χ2v) is 7.08. The largest absolute Gasteiger partial charge is 0.423 e. The predicted octanol–water partition coefficient (Wildman–Crippen LogP) is 4.89. The average Bonchev–Trinajstić information content (AvgIpc) is 2.79. The molecule has 32 heavy (non-hydrogen) atoms. The van der Waals surface area contributed by atoms with E-state index in [0.717, 1.165) is 22.4 Å². The van der Waals surface area contributed by atoms with Gasteiger partial charge in [-0.1, -0.05) is 60.7 Å². The molecule has 0 fully saturated rings. The number of benzene rings is 4. The normalized spacial score (nSPS) is 10.9. The SMILES string of the molecule is O=C(Cc1cccc2ccccc12)NN=Cc1cccc(OC(=O)c2cccc(F)c2)c1. The lowest BCUT2D eigenvalue weighted by Gasteiger charge is -2.06. The molecule has 0 aliphatic heterocycles. The highest BCUT2D eigenvalue weighted by atomic mass is 19.1.